The number of nitrogens with one attached hydrogen (secondary N) is 2. The van der Waals surface area contributed by atoms with E-state index in [4.69, 9.17) is 17.0 Å². The van der Waals surface area contributed by atoms with E-state index in [-0.39, 0.29) is 0 Å². The first-order valence-electron chi connectivity index (χ1n) is 9.25. The molecule has 0 bridgehead atoms. The van der Waals surface area contributed by atoms with Crippen LogP contribution in [-0.2, 0) is 0 Å². The van der Waals surface area contributed by atoms with Crippen LogP contribution in [0.25, 0.3) is 0 Å². The molecule has 2 N–H and O–H groups in total. The highest BCUT2D eigenvalue weighted by Crippen LogP contribution is 2.17. The lowest BCUT2D eigenvalue weighted by Gasteiger charge is -2.22. The average Bonchev–Trinajstić information content (AvgIpc) is 2.69. The zero-order chi connectivity index (χ0) is 19.5. The molecule has 0 spiro atoms. The third-order valence-electron chi connectivity index (χ3n) is 4.13. The van der Waals surface area contributed by atoms with Crippen molar-refractivity contribution in [1.29, 1.82) is 0 Å². The number of thiocarbonyl (C=S) groups is 1. The molecular weight excluding hydrogens is 356 g/mol. The third-order valence-corrected chi connectivity index (χ3v) is 4.32. The molecule has 2 aromatic carbocycles. The third kappa shape index (κ3) is 6.90. The van der Waals surface area contributed by atoms with Gasteiger partial charge in [0.2, 0.25) is 0 Å². The Morgan fingerprint density at radius 3 is 2.63 bits per heavy atom. The van der Waals surface area contributed by atoms with E-state index in [2.05, 4.69) is 58.9 Å². The van der Waals surface area contributed by atoms with Crippen molar-refractivity contribution in [1.82, 2.24) is 5.43 Å². The number of hydrazone groups is 1. The highest BCUT2D eigenvalue weighted by Gasteiger charge is 2.03. The maximum atomic E-state index is 5.26. The first-order chi connectivity index (χ1) is 13.2. The number of ether oxygens (including phenoxy) is 1. The molecule has 0 radical (unpaired) electrons. The average molecular weight is 385 g/mol. The van der Waals surface area contributed by atoms with E-state index in [1.165, 1.54) is 18.5 Å². The molecule has 0 atom stereocenters. The van der Waals surface area contributed by atoms with Crippen molar-refractivity contribution in [2.45, 2.75) is 26.7 Å². The van der Waals surface area contributed by atoms with Gasteiger partial charge in [-0.3, -0.25) is 5.43 Å². The molecule has 0 aliphatic heterocycles. The summed E-state index contributed by atoms with van der Waals surface area (Å²) in [6.07, 6.45) is 4.17. The van der Waals surface area contributed by atoms with Crippen LogP contribution in [0.5, 0.6) is 5.75 Å². The Kier molecular flexibility index (Phi) is 8.58. The summed E-state index contributed by atoms with van der Waals surface area (Å²) < 4.78 is 5.19. The van der Waals surface area contributed by atoms with Crippen molar-refractivity contribution >= 4 is 34.9 Å². The Bertz CT molecular complexity index is 746. The molecule has 6 heteroatoms. The van der Waals surface area contributed by atoms with Gasteiger partial charge >= 0.3 is 0 Å². The maximum absolute atomic E-state index is 5.26. The van der Waals surface area contributed by atoms with E-state index in [0.29, 0.717) is 5.11 Å². The minimum atomic E-state index is 0.424. The van der Waals surface area contributed by atoms with Crippen LogP contribution >= 0.6 is 12.2 Å². The number of hydrogen-bond donors (Lipinski definition) is 2. The summed E-state index contributed by atoms with van der Waals surface area (Å²) in [7, 11) is 1.63. The molecule has 2 rings (SSSR count). The van der Waals surface area contributed by atoms with Crippen LogP contribution in [0.1, 0.15) is 32.3 Å². The fourth-order valence-corrected chi connectivity index (χ4v) is 2.79. The fraction of sp³-hybridized carbons (Fsp3) is 0.333. The molecule has 27 heavy (non-hydrogen) atoms. The number of nitrogens with zero attached hydrogens (tertiary/aromatic N) is 2. The van der Waals surface area contributed by atoms with Gasteiger partial charge in [0.1, 0.15) is 5.75 Å². The topological polar surface area (TPSA) is 48.9 Å². The van der Waals surface area contributed by atoms with Gasteiger partial charge in [-0.25, -0.2) is 0 Å². The first-order valence-corrected chi connectivity index (χ1v) is 9.66. The van der Waals surface area contributed by atoms with Crippen molar-refractivity contribution < 1.29 is 4.74 Å². The standard InChI is InChI=1S/C21H28N4OS/c1-4-6-14-25(5-2)19-12-10-17(11-13-19)16-22-24-21(27)23-18-8-7-9-20(15-18)26-3/h7-13,15-16H,4-6,14H2,1-3H3,(H2,23,24,27)/b22-16+. The monoisotopic (exact) mass is 384 g/mol. The van der Waals surface area contributed by atoms with E-state index in [1.807, 2.05) is 24.3 Å². The first kappa shape index (κ1) is 20.7. The van der Waals surface area contributed by atoms with Crippen molar-refractivity contribution in [3.63, 3.8) is 0 Å². The van der Waals surface area contributed by atoms with Gasteiger partial charge in [0.15, 0.2) is 5.11 Å². The summed E-state index contributed by atoms with van der Waals surface area (Å²) in [4.78, 5) is 2.38. The Hall–Kier alpha value is -2.60. The minimum absolute atomic E-state index is 0.424. The lowest BCUT2D eigenvalue weighted by Crippen LogP contribution is -2.24. The summed E-state index contributed by atoms with van der Waals surface area (Å²) in [5.41, 5.74) is 5.94. The SMILES string of the molecule is CCCCN(CC)c1ccc(/C=N/NC(=S)Nc2cccc(OC)c2)cc1. The van der Waals surface area contributed by atoms with Crippen molar-refractivity contribution in [3.05, 3.63) is 54.1 Å². The van der Waals surface area contributed by atoms with Crippen LogP contribution in [0.2, 0.25) is 0 Å². The molecule has 0 saturated heterocycles. The molecular formula is C21H28N4OS. The van der Waals surface area contributed by atoms with Crippen LogP contribution in [-0.4, -0.2) is 31.5 Å². The summed E-state index contributed by atoms with van der Waals surface area (Å²) in [5, 5.41) is 7.70. The van der Waals surface area contributed by atoms with Gasteiger partial charge in [-0.05, 0) is 55.4 Å². The van der Waals surface area contributed by atoms with Crippen LogP contribution in [0.4, 0.5) is 11.4 Å². The van der Waals surface area contributed by atoms with Gasteiger partial charge < -0.3 is 15.0 Å². The molecule has 5 nitrogen and oxygen atoms in total. The van der Waals surface area contributed by atoms with Gasteiger partial charge in [-0.15, -0.1) is 0 Å². The summed E-state index contributed by atoms with van der Waals surface area (Å²) in [5.74, 6) is 0.770. The number of benzene rings is 2. The van der Waals surface area contributed by atoms with Gasteiger partial charge in [-0.2, -0.15) is 5.10 Å². The second-order valence-corrected chi connectivity index (χ2v) is 6.49. The summed E-state index contributed by atoms with van der Waals surface area (Å²) in [6.45, 7) is 6.50. The van der Waals surface area contributed by atoms with Crippen molar-refractivity contribution in [3.8, 4) is 5.75 Å². The number of unbranched alkanes of at least 4 members (excludes halogenated alkanes) is 1. The van der Waals surface area contributed by atoms with Crippen LogP contribution in [0, 0.1) is 0 Å². The molecule has 0 fully saturated rings. The smallest absolute Gasteiger partial charge is 0.191 e. The molecule has 0 aliphatic rings. The van der Waals surface area contributed by atoms with Crippen LogP contribution in [0.15, 0.2) is 53.6 Å². The summed E-state index contributed by atoms with van der Waals surface area (Å²) in [6, 6.07) is 16.0. The molecule has 144 valence electrons. The predicted molar refractivity (Wildman–Crippen MR) is 119 cm³/mol. The number of methoxy groups -OCH3 is 1. The lowest BCUT2D eigenvalue weighted by molar-refractivity contribution is 0.415. The largest absolute Gasteiger partial charge is 0.497 e. The quantitative estimate of drug-likeness (QED) is 0.375. The minimum Gasteiger partial charge on any atom is -0.497 e. The molecule has 0 aromatic heterocycles. The Balaban J connectivity index is 1.87. The van der Waals surface area contributed by atoms with Crippen molar-refractivity contribution in [2.24, 2.45) is 5.10 Å². The zero-order valence-corrected chi connectivity index (χ0v) is 17.1. The van der Waals surface area contributed by atoms with Gasteiger partial charge in [-0.1, -0.05) is 31.5 Å². The second kappa shape index (κ2) is 11.2. The van der Waals surface area contributed by atoms with E-state index < -0.39 is 0 Å². The number of rotatable bonds is 9. The fourth-order valence-electron chi connectivity index (χ4n) is 2.62. The summed E-state index contributed by atoms with van der Waals surface area (Å²) >= 11 is 5.26. The second-order valence-electron chi connectivity index (χ2n) is 6.08. The molecule has 0 unspecified atom stereocenters. The molecule has 0 heterocycles. The Morgan fingerprint density at radius 2 is 1.96 bits per heavy atom. The highest BCUT2D eigenvalue weighted by molar-refractivity contribution is 7.80. The highest BCUT2D eigenvalue weighted by atomic mass is 32.1. The molecule has 0 saturated carbocycles. The zero-order valence-electron chi connectivity index (χ0n) is 16.2. The van der Waals surface area contributed by atoms with Gasteiger partial charge in [0.05, 0.1) is 13.3 Å². The van der Waals surface area contributed by atoms with E-state index in [1.54, 1.807) is 13.3 Å². The van der Waals surface area contributed by atoms with E-state index in [0.717, 1.165) is 30.1 Å². The van der Waals surface area contributed by atoms with E-state index >= 15 is 0 Å². The van der Waals surface area contributed by atoms with Crippen LogP contribution in [0.3, 0.4) is 0 Å². The van der Waals surface area contributed by atoms with Gasteiger partial charge in [0, 0.05) is 30.5 Å². The molecule has 0 aliphatic carbocycles. The Morgan fingerprint density at radius 1 is 1.19 bits per heavy atom. The van der Waals surface area contributed by atoms with Crippen molar-refractivity contribution in [2.75, 3.05) is 30.4 Å². The lowest BCUT2D eigenvalue weighted by atomic mass is 10.2. The number of hydrogen-bond acceptors (Lipinski definition) is 4. The Labute approximate surface area is 167 Å². The maximum Gasteiger partial charge on any atom is 0.191 e. The van der Waals surface area contributed by atoms with E-state index in [9.17, 15) is 0 Å². The van der Waals surface area contributed by atoms with Gasteiger partial charge in [0.25, 0.3) is 0 Å². The molecule has 2 aromatic rings. The molecule has 0 amide bonds. The predicted octanol–water partition coefficient (Wildman–Crippen LogP) is 4.64. The number of anilines is 2. The van der Waals surface area contributed by atoms with Crippen LogP contribution < -0.4 is 20.4 Å². The normalized spacial score (nSPS) is 10.6.